The zero-order valence-electron chi connectivity index (χ0n) is 10.8. The Labute approximate surface area is 122 Å². The molecule has 4 heteroatoms. The van der Waals surface area contributed by atoms with Crippen molar-refractivity contribution in [3.63, 3.8) is 0 Å². The Kier molecular flexibility index (Phi) is 4.80. The Morgan fingerprint density at radius 1 is 1.20 bits per heavy atom. The molecule has 102 valence electrons. The van der Waals surface area contributed by atoms with E-state index in [0.717, 1.165) is 0 Å². The number of rotatable bonds is 5. The van der Waals surface area contributed by atoms with Gasteiger partial charge in [-0.1, -0.05) is 36.4 Å². The highest BCUT2D eigenvalue weighted by Crippen LogP contribution is 2.21. The van der Waals surface area contributed by atoms with Crippen LogP contribution in [0.25, 0.3) is 0 Å². The van der Waals surface area contributed by atoms with Gasteiger partial charge in [0.25, 0.3) is 5.91 Å². The average molecular weight is 288 g/mol. The van der Waals surface area contributed by atoms with Crippen LogP contribution in [0.4, 0.5) is 5.69 Å². The average Bonchev–Trinajstić information content (AvgIpc) is 2.48. The summed E-state index contributed by atoms with van der Waals surface area (Å²) in [7, 11) is 0. The summed E-state index contributed by atoms with van der Waals surface area (Å²) in [5.74, 6) is 0.479. The van der Waals surface area contributed by atoms with Gasteiger partial charge in [0.1, 0.15) is 12.4 Å². The van der Waals surface area contributed by atoms with E-state index < -0.39 is 0 Å². The van der Waals surface area contributed by atoms with Gasteiger partial charge >= 0.3 is 0 Å². The summed E-state index contributed by atoms with van der Waals surface area (Å²) in [6, 6.07) is 14.0. The highest BCUT2D eigenvalue weighted by molar-refractivity contribution is 6.33. The van der Waals surface area contributed by atoms with E-state index in [4.69, 9.17) is 16.3 Å². The standard InChI is InChI=1S/C16H14ClNO2/c1-2-11-20-13-9-7-12(8-10-13)16(19)18-15-6-4-3-5-14(15)17/h2-10H,1,11H2,(H,18,19). The van der Waals surface area contributed by atoms with Crippen molar-refractivity contribution >= 4 is 23.2 Å². The van der Waals surface area contributed by atoms with E-state index in [-0.39, 0.29) is 5.91 Å². The van der Waals surface area contributed by atoms with Gasteiger partial charge in [0, 0.05) is 5.56 Å². The number of carbonyl (C=O) groups excluding carboxylic acids is 1. The normalized spacial score (nSPS) is 9.85. The molecular formula is C16H14ClNO2. The van der Waals surface area contributed by atoms with Crippen molar-refractivity contribution in [2.45, 2.75) is 0 Å². The highest BCUT2D eigenvalue weighted by atomic mass is 35.5. The second-order valence-corrected chi connectivity index (χ2v) is 4.47. The molecule has 0 aliphatic heterocycles. The smallest absolute Gasteiger partial charge is 0.255 e. The second kappa shape index (κ2) is 6.78. The highest BCUT2D eigenvalue weighted by Gasteiger charge is 2.08. The lowest BCUT2D eigenvalue weighted by Crippen LogP contribution is -2.12. The molecule has 2 aromatic carbocycles. The Morgan fingerprint density at radius 2 is 1.90 bits per heavy atom. The molecule has 0 heterocycles. The van der Waals surface area contributed by atoms with Crippen molar-refractivity contribution in [3.8, 4) is 5.75 Å². The molecule has 0 atom stereocenters. The number of halogens is 1. The van der Waals surface area contributed by atoms with Crippen LogP contribution in [-0.4, -0.2) is 12.5 Å². The lowest BCUT2D eigenvalue weighted by Gasteiger charge is -2.08. The summed E-state index contributed by atoms with van der Waals surface area (Å²) < 4.78 is 5.36. The summed E-state index contributed by atoms with van der Waals surface area (Å²) in [6.07, 6.45) is 1.66. The fraction of sp³-hybridized carbons (Fsp3) is 0.0625. The third-order valence-electron chi connectivity index (χ3n) is 2.61. The van der Waals surface area contributed by atoms with Crippen LogP contribution < -0.4 is 10.1 Å². The summed E-state index contributed by atoms with van der Waals surface area (Å²) in [5, 5.41) is 3.27. The summed E-state index contributed by atoms with van der Waals surface area (Å²) in [6.45, 7) is 4.01. The van der Waals surface area contributed by atoms with Gasteiger partial charge < -0.3 is 10.1 Å². The maximum Gasteiger partial charge on any atom is 0.255 e. The quantitative estimate of drug-likeness (QED) is 0.839. The molecule has 2 rings (SSSR count). The van der Waals surface area contributed by atoms with Gasteiger partial charge in [0.2, 0.25) is 0 Å². The number of ether oxygens (including phenoxy) is 1. The number of hydrogen-bond donors (Lipinski definition) is 1. The molecular weight excluding hydrogens is 274 g/mol. The number of anilines is 1. The first-order valence-electron chi connectivity index (χ1n) is 6.10. The molecule has 0 radical (unpaired) electrons. The van der Waals surface area contributed by atoms with E-state index in [9.17, 15) is 4.79 Å². The van der Waals surface area contributed by atoms with Crippen LogP contribution in [0, 0.1) is 0 Å². The Hall–Kier alpha value is -2.26. The molecule has 0 saturated carbocycles. The van der Waals surface area contributed by atoms with Crippen molar-refractivity contribution in [1.82, 2.24) is 0 Å². The first-order valence-corrected chi connectivity index (χ1v) is 6.48. The molecule has 0 spiro atoms. The fourth-order valence-corrected chi connectivity index (χ4v) is 1.80. The van der Waals surface area contributed by atoms with Crippen LogP contribution in [0.1, 0.15) is 10.4 Å². The molecule has 0 aromatic heterocycles. The van der Waals surface area contributed by atoms with Crippen molar-refractivity contribution in [2.75, 3.05) is 11.9 Å². The molecule has 20 heavy (non-hydrogen) atoms. The number of carbonyl (C=O) groups is 1. The zero-order chi connectivity index (χ0) is 14.4. The maximum atomic E-state index is 12.1. The molecule has 3 nitrogen and oxygen atoms in total. The van der Waals surface area contributed by atoms with E-state index in [2.05, 4.69) is 11.9 Å². The molecule has 1 amide bonds. The van der Waals surface area contributed by atoms with Gasteiger partial charge in [-0.2, -0.15) is 0 Å². The minimum Gasteiger partial charge on any atom is -0.490 e. The molecule has 0 aliphatic rings. The van der Waals surface area contributed by atoms with Gasteiger partial charge in [-0.25, -0.2) is 0 Å². The number of benzene rings is 2. The SMILES string of the molecule is C=CCOc1ccc(C(=O)Nc2ccccc2Cl)cc1. The molecule has 1 N–H and O–H groups in total. The van der Waals surface area contributed by atoms with Crippen LogP contribution in [0.2, 0.25) is 5.02 Å². The van der Waals surface area contributed by atoms with E-state index in [1.807, 2.05) is 12.1 Å². The van der Waals surface area contributed by atoms with Crippen LogP contribution in [0.15, 0.2) is 61.2 Å². The van der Waals surface area contributed by atoms with Crippen LogP contribution >= 0.6 is 11.6 Å². The van der Waals surface area contributed by atoms with Crippen LogP contribution in [0.5, 0.6) is 5.75 Å². The minimum atomic E-state index is -0.214. The molecule has 0 saturated heterocycles. The van der Waals surface area contributed by atoms with Gasteiger partial charge in [-0.15, -0.1) is 0 Å². The number of para-hydroxylation sites is 1. The van der Waals surface area contributed by atoms with Gasteiger partial charge in [-0.05, 0) is 36.4 Å². The van der Waals surface area contributed by atoms with Gasteiger partial charge in [0.05, 0.1) is 10.7 Å². The number of hydrogen-bond acceptors (Lipinski definition) is 2. The lowest BCUT2D eigenvalue weighted by molar-refractivity contribution is 0.102. The molecule has 0 bridgehead atoms. The largest absolute Gasteiger partial charge is 0.490 e. The summed E-state index contributed by atoms with van der Waals surface area (Å²) in [4.78, 5) is 12.1. The van der Waals surface area contributed by atoms with Crippen molar-refractivity contribution in [2.24, 2.45) is 0 Å². The summed E-state index contributed by atoms with van der Waals surface area (Å²) in [5.41, 5.74) is 1.13. The number of nitrogens with one attached hydrogen (secondary N) is 1. The maximum absolute atomic E-state index is 12.1. The Bertz CT molecular complexity index is 608. The Morgan fingerprint density at radius 3 is 2.55 bits per heavy atom. The monoisotopic (exact) mass is 287 g/mol. The van der Waals surface area contributed by atoms with Crippen molar-refractivity contribution in [1.29, 1.82) is 0 Å². The zero-order valence-corrected chi connectivity index (χ0v) is 11.6. The lowest BCUT2D eigenvalue weighted by atomic mass is 10.2. The fourth-order valence-electron chi connectivity index (χ4n) is 1.61. The van der Waals surface area contributed by atoms with E-state index in [1.54, 1.807) is 42.5 Å². The van der Waals surface area contributed by atoms with Crippen molar-refractivity contribution < 1.29 is 9.53 Å². The molecule has 2 aromatic rings. The van der Waals surface area contributed by atoms with E-state index in [0.29, 0.717) is 28.6 Å². The predicted octanol–water partition coefficient (Wildman–Crippen LogP) is 4.16. The second-order valence-electron chi connectivity index (χ2n) is 4.06. The van der Waals surface area contributed by atoms with Gasteiger partial charge in [-0.3, -0.25) is 4.79 Å². The predicted molar refractivity (Wildman–Crippen MR) is 81.5 cm³/mol. The molecule has 0 unspecified atom stereocenters. The first kappa shape index (κ1) is 14.2. The number of amides is 1. The van der Waals surface area contributed by atoms with E-state index in [1.165, 1.54) is 0 Å². The molecule has 0 aliphatic carbocycles. The minimum absolute atomic E-state index is 0.214. The topological polar surface area (TPSA) is 38.3 Å². The van der Waals surface area contributed by atoms with Gasteiger partial charge in [0.15, 0.2) is 0 Å². The van der Waals surface area contributed by atoms with Crippen LogP contribution in [0.3, 0.4) is 0 Å². The third kappa shape index (κ3) is 3.62. The first-order chi connectivity index (χ1) is 9.70. The van der Waals surface area contributed by atoms with Crippen LogP contribution in [-0.2, 0) is 0 Å². The Balaban J connectivity index is 2.06. The molecule has 0 fully saturated rings. The summed E-state index contributed by atoms with van der Waals surface area (Å²) >= 11 is 5.99. The van der Waals surface area contributed by atoms with Crippen molar-refractivity contribution in [3.05, 3.63) is 71.8 Å². The van der Waals surface area contributed by atoms with E-state index >= 15 is 0 Å². The third-order valence-corrected chi connectivity index (χ3v) is 2.94.